The van der Waals surface area contributed by atoms with Crippen LogP contribution in [0, 0.1) is 5.92 Å². The van der Waals surface area contributed by atoms with E-state index in [2.05, 4.69) is 6.08 Å². The lowest BCUT2D eigenvalue weighted by Gasteiger charge is -2.23. The van der Waals surface area contributed by atoms with E-state index in [9.17, 15) is 4.79 Å². The third kappa shape index (κ3) is 4.15. The highest BCUT2D eigenvalue weighted by Crippen LogP contribution is 2.26. The standard InChI is InChI=1S/C16H26O2/c1-13(12-14-8-4-2-5-9-14)16(17)18-15-10-6-3-7-11-15/h12,14-15H,2-11H2,1H3. The van der Waals surface area contributed by atoms with Crippen LogP contribution in [-0.2, 0) is 9.53 Å². The van der Waals surface area contributed by atoms with E-state index < -0.39 is 0 Å². The van der Waals surface area contributed by atoms with Gasteiger partial charge in [-0.2, -0.15) is 0 Å². The fourth-order valence-electron chi connectivity index (χ4n) is 3.15. The van der Waals surface area contributed by atoms with E-state index in [-0.39, 0.29) is 12.1 Å². The Balaban J connectivity index is 1.81. The second-order valence-corrected chi connectivity index (χ2v) is 5.91. The molecule has 0 bridgehead atoms. The number of carbonyl (C=O) groups excluding carboxylic acids is 1. The van der Waals surface area contributed by atoms with Crippen LogP contribution in [0.15, 0.2) is 11.6 Å². The number of hydrogen-bond acceptors (Lipinski definition) is 2. The zero-order valence-corrected chi connectivity index (χ0v) is 11.6. The van der Waals surface area contributed by atoms with Gasteiger partial charge in [0.1, 0.15) is 6.10 Å². The average Bonchev–Trinajstić information content (AvgIpc) is 2.41. The molecule has 102 valence electrons. The molecule has 0 heterocycles. The van der Waals surface area contributed by atoms with Crippen LogP contribution in [0.3, 0.4) is 0 Å². The summed E-state index contributed by atoms with van der Waals surface area (Å²) in [6, 6.07) is 0. The Morgan fingerprint density at radius 3 is 2.11 bits per heavy atom. The highest BCUT2D eigenvalue weighted by Gasteiger charge is 2.19. The van der Waals surface area contributed by atoms with Gasteiger partial charge >= 0.3 is 5.97 Å². The van der Waals surface area contributed by atoms with Crippen LogP contribution in [0.25, 0.3) is 0 Å². The van der Waals surface area contributed by atoms with E-state index in [0.29, 0.717) is 5.92 Å². The molecule has 2 heteroatoms. The lowest BCUT2D eigenvalue weighted by molar-refractivity contribution is -0.145. The summed E-state index contributed by atoms with van der Waals surface area (Å²) >= 11 is 0. The van der Waals surface area contributed by atoms with E-state index in [1.807, 2.05) is 6.92 Å². The topological polar surface area (TPSA) is 26.3 Å². The number of carbonyl (C=O) groups is 1. The van der Waals surface area contributed by atoms with Crippen molar-refractivity contribution in [3.05, 3.63) is 11.6 Å². The first-order valence-electron chi connectivity index (χ1n) is 7.65. The second kappa shape index (κ2) is 6.96. The van der Waals surface area contributed by atoms with Crippen molar-refractivity contribution in [3.8, 4) is 0 Å². The summed E-state index contributed by atoms with van der Waals surface area (Å²) < 4.78 is 5.59. The van der Waals surface area contributed by atoms with Crippen molar-refractivity contribution in [1.82, 2.24) is 0 Å². The van der Waals surface area contributed by atoms with Crippen LogP contribution in [0.2, 0.25) is 0 Å². The molecule has 0 aromatic heterocycles. The van der Waals surface area contributed by atoms with E-state index >= 15 is 0 Å². The third-order valence-corrected chi connectivity index (χ3v) is 4.28. The molecule has 0 aromatic carbocycles. The predicted octanol–water partition coefficient (Wildman–Crippen LogP) is 4.39. The summed E-state index contributed by atoms with van der Waals surface area (Å²) in [5.74, 6) is 0.533. The van der Waals surface area contributed by atoms with Crippen LogP contribution < -0.4 is 0 Å². The van der Waals surface area contributed by atoms with E-state index in [1.54, 1.807) is 0 Å². The van der Waals surface area contributed by atoms with Crippen LogP contribution in [0.5, 0.6) is 0 Å². The van der Waals surface area contributed by atoms with Crippen molar-refractivity contribution in [2.75, 3.05) is 0 Å². The van der Waals surface area contributed by atoms with Gasteiger partial charge in [-0.3, -0.25) is 0 Å². The molecule has 2 aliphatic rings. The summed E-state index contributed by atoms with van der Waals surface area (Å²) in [5, 5.41) is 0. The largest absolute Gasteiger partial charge is 0.459 e. The molecule has 0 saturated heterocycles. The SMILES string of the molecule is CC(=CC1CCCCC1)C(=O)OC1CCCCC1. The average molecular weight is 250 g/mol. The second-order valence-electron chi connectivity index (χ2n) is 5.91. The first-order chi connectivity index (χ1) is 8.75. The summed E-state index contributed by atoms with van der Waals surface area (Å²) in [5.41, 5.74) is 0.826. The molecule has 0 radical (unpaired) electrons. The normalized spacial score (nSPS) is 23.9. The van der Waals surface area contributed by atoms with Gasteiger partial charge in [0.05, 0.1) is 0 Å². The number of hydrogen-bond donors (Lipinski definition) is 0. The van der Waals surface area contributed by atoms with Gasteiger partial charge in [0.2, 0.25) is 0 Å². The molecular formula is C16H26O2. The molecule has 2 rings (SSSR count). The molecule has 0 unspecified atom stereocenters. The van der Waals surface area contributed by atoms with Crippen molar-refractivity contribution >= 4 is 5.97 Å². The predicted molar refractivity (Wildman–Crippen MR) is 73.3 cm³/mol. The van der Waals surface area contributed by atoms with E-state index in [1.165, 1.54) is 51.4 Å². The molecule has 2 aliphatic carbocycles. The van der Waals surface area contributed by atoms with Crippen molar-refractivity contribution in [2.45, 2.75) is 77.2 Å². The summed E-state index contributed by atoms with van der Waals surface area (Å²) in [6.45, 7) is 1.92. The van der Waals surface area contributed by atoms with Gasteiger partial charge in [-0.25, -0.2) is 4.79 Å². The van der Waals surface area contributed by atoms with Gasteiger partial charge < -0.3 is 4.74 Å². The maximum atomic E-state index is 12.0. The van der Waals surface area contributed by atoms with Gasteiger partial charge in [0.15, 0.2) is 0 Å². The number of ether oxygens (including phenoxy) is 1. The molecule has 0 aliphatic heterocycles. The molecule has 2 nitrogen and oxygen atoms in total. The quantitative estimate of drug-likeness (QED) is 0.548. The van der Waals surface area contributed by atoms with Crippen molar-refractivity contribution in [1.29, 1.82) is 0 Å². The van der Waals surface area contributed by atoms with Crippen molar-refractivity contribution in [3.63, 3.8) is 0 Å². The van der Waals surface area contributed by atoms with Gasteiger partial charge in [-0.1, -0.05) is 31.8 Å². The van der Waals surface area contributed by atoms with Gasteiger partial charge in [-0.05, 0) is 51.4 Å². The molecule has 0 aromatic rings. The minimum absolute atomic E-state index is 0.0764. The van der Waals surface area contributed by atoms with Crippen LogP contribution in [0.1, 0.15) is 71.1 Å². The Kier molecular flexibility index (Phi) is 5.27. The van der Waals surface area contributed by atoms with Crippen molar-refractivity contribution in [2.24, 2.45) is 5.92 Å². The summed E-state index contributed by atoms with van der Waals surface area (Å²) in [6.07, 6.45) is 14.6. The first kappa shape index (κ1) is 13.6. The number of esters is 1. The van der Waals surface area contributed by atoms with E-state index in [0.717, 1.165) is 18.4 Å². The van der Waals surface area contributed by atoms with E-state index in [4.69, 9.17) is 4.74 Å². The Morgan fingerprint density at radius 1 is 0.944 bits per heavy atom. The number of allylic oxidation sites excluding steroid dienone is 1. The zero-order valence-electron chi connectivity index (χ0n) is 11.6. The maximum absolute atomic E-state index is 12.0. The molecule has 0 atom stereocenters. The molecule has 2 fully saturated rings. The van der Waals surface area contributed by atoms with Crippen LogP contribution in [-0.4, -0.2) is 12.1 Å². The Hall–Kier alpha value is -0.790. The molecule has 0 N–H and O–H groups in total. The highest BCUT2D eigenvalue weighted by molar-refractivity contribution is 5.87. The summed E-state index contributed by atoms with van der Waals surface area (Å²) in [4.78, 5) is 12.0. The first-order valence-corrected chi connectivity index (χ1v) is 7.65. The smallest absolute Gasteiger partial charge is 0.333 e. The summed E-state index contributed by atoms with van der Waals surface area (Å²) in [7, 11) is 0. The Morgan fingerprint density at radius 2 is 1.50 bits per heavy atom. The Bertz CT molecular complexity index is 294. The Labute approximate surface area is 111 Å². The molecule has 0 spiro atoms. The molecule has 0 amide bonds. The fraction of sp³-hybridized carbons (Fsp3) is 0.812. The van der Waals surface area contributed by atoms with Gasteiger partial charge in [-0.15, -0.1) is 0 Å². The minimum atomic E-state index is -0.0764. The maximum Gasteiger partial charge on any atom is 0.333 e. The van der Waals surface area contributed by atoms with Gasteiger partial charge in [0, 0.05) is 5.57 Å². The minimum Gasteiger partial charge on any atom is -0.459 e. The fourth-order valence-corrected chi connectivity index (χ4v) is 3.15. The lowest BCUT2D eigenvalue weighted by Crippen LogP contribution is -2.21. The molecule has 2 saturated carbocycles. The zero-order chi connectivity index (χ0) is 12.8. The molecule has 18 heavy (non-hydrogen) atoms. The highest BCUT2D eigenvalue weighted by atomic mass is 16.5. The molecular weight excluding hydrogens is 224 g/mol. The van der Waals surface area contributed by atoms with Crippen LogP contribution in [0.4, 0.5) is 0 Å². The number of rotatable bonds is 3. The van der Waals surface area contributed by atoms with Gasteiger partial charge in [0.25, 0.3) is 0 Å². The lowest BCUT2D eigenvalue weighted by atomic mass is 9.88. The third-order valence-electron chi connectivity index (χ3n) is 4.28. The van der Waals surface area contributed by atoms with Crippen LogP contribution >= 0.6 is 0 Å². The van der Waals surface area contributed by atoms with Crippen molar-refractivity contribution < 1.29 is 9.53 Å². The monoisotopic (exact) mass is 250 g/mol.